The first kappa shape index (κ1) is 23.2. The van der Waals surface area contributed by atoms with E-state index in [1.807, 2.05) is 37.3 Å². The molecule has 1 unspecified atom stereocenters. The standard InChI is InChI=1S/C22H26ClN3O4S/c1-16-6-5-11-26(15-16)31(29,30)20-12-18(9-10-19(20)23)22(28)25-14-21(27)24-13-17-7-3-2-4-8-17/h2-4,7-10,12,16H,5-6,11,13-15H2,1H3,(H,24,27)(H,25,28). The van der Waals surface area contributed by atoms with E-state index in [-0.39, 0.29) is 33.9 Å². The van der Waals surface area contributed by atoms with Gasteiger partial charge in [-0.1, -0.05) is 48.9 Å². The second kappa shape index (κ2) is 10.3. The van der Waals surface area contributed by atoms with Gasteiger partial charge in [0, 0.05) is 25.2 Å². The molecule has 1 fully saturated rings. The van der Waals surface area contributed by atoms with Crippen LogP contribution in [-0.4, -0.2) is 44.2 Å². The van der Waals surface area contributed by atoms with Crippen LogP contribution in [0, 0.1) is 5.92 Å². The smallest absolute Gasteiger partial charge is 0.251 e. The molecule has 0 bridgehead atoms. The lowest BCUT2D eigenvalue weighted by Gasteiger charge is -2.30. The minimum Gasteiger partial charge on any atom is -0.350 e. The molecule has 2 aromatic rings. The Labute approximate surface area is 187 Å². The Balaban J connectivity index is 1.63. The Bertz CT molecular complexity index is 1040. The molecule has 1 heterocycles. The quantitative estimate of drug-likeness (QED) is 0.660. The van der Waals surface area contributed by atoms with E-state index in [0.717, 1.165) is 18.4 Å². The largest absolute Gasteiger partial charge is 0.350 e. The van der Waals surface area contributed by atoms with Crippen molar-refractivity contribution in [1.29, 1.82) is 0 Å². The first-order chi connectivity index (χ1) is 14.8. The molecule has 9 heteroatoms. The number of hydrogen-bond acceptors (Lipinski definition) is 4. The highest BCUT2D eigenvalue weighted by Crippen LogP contribution is 2.29. The van der Waals surface area contributed by atoms with Crippen molar-refractivity contribution < 1.29 is 18.0 Å². The summed E-state index contributed by atoms with van der Waals surface area (Å²) in [5, 5.41) is 5.30. The van der Waals surface area contributed by atoms with Gasteiger partial charge in [-0.3, -0.25) is 9.59 Å². The first-order valence-electron chi connectivity index (χ1n) is 10.2. The number of nitrogens with zero attached hydrogens (tertiary/aromatic N) is 1. The Kier molecular flexibility index (Phi) is 7.69. The Hall–Kier alpha value is -2.42. The van der Waals surface area contributed by atoms with Gasteiger partial charge in [0.15, 0.2) is 0 Å². The average molecular weight is 464 g/mol. The van der Waals surface area contributed by atoms with Crippen molar-refractivity contribution in [1.82, 2.24) is 14.9 Å². The van der Waals surface area contributed by atoms with Crippen molar-refractivity contribution in [3.05, 3.63) is 64.7 Å². The number of hydrogen-bond donors (Lipinski definition) is 2. The SMILES string of the molecule is CC1CCCN(S(=O)(=O)c2cc(C(=O)NCC(=O)NCc3ccccc3)ccc2Cl)C1. The maximum atomic E-state index is 13.1. The fourth-order valence-electron chi connectivity index (χ4n) is 3.47. The lowest BCUT2D eigenvalue weighted by molar-refractivity contribution is -0.120. The average Bonchev–Trinajstić information content (AvgIpc) is 2.77. The van der Waals surface area contributed by atoms with Gasteiger partial charge in [0.05, 0.1) is 11.6 Å². The zero-order chi connectivity index (χ0) is 22.4. The van der Waals surface area contributed by atoms with Crippen LogP contribution >= 0.6 is 11.6 Å². The van der Waals surface area contributed by atoms with Crippen molar-refractivity contribution in [3.63, 3.8) is 0 Å². The zero-order valence-corrected chi connectivity index (χ0v) is 18.9. The van der Waals surface area contributed by atoms with E-state index in [1.165, 1.54) is 22.5 Å². The third-order valence-electron chi connectivity index (χ3n) is 5.17. The second-order valence-corrected chi connectivity index (χ2v) is 10.0. The van der Waals surface area contributed by atoms with Crippen LogP contribution < -0.4 is 10.6 Å². The van der Waals surface area contributed by atoms with Crippen LogP contribution in [0.15, 0.2) is 53.4 Å². The highest BCUT2D eigenvalue weighted by Gasteiger charge is 2.30. The van der Waals surface area contributed by atoms with E-state index in [1.54, 1.807) is 0 Å². The number of halogens is 1. The molecule has 1 saturated heterocycles. The number of rotatable bonds is 7. The third kappa shape index (κ3) is 6.06. The maximum Gasteiger partial charge on any atom is 0.251 e. The van der Waals surface area contributed by atoms with Gasteiger partial charge < -0.3 is 10.6 Å². The summed E-state index contributed by atoms with van der Waals surface area (Å²) in [7, 11) is -3.81. The van der Waals surface area contributed by atoms with Crippen LogP contribution in [0.4, 0.5) is 0 Å². The van der Waals surface area contributed by atoms with E-state index in [0.29, 0.717) is 19.6 Å². The predicted octanol–water partition coefficient (Wildman–Crippen LogP) is 2.81. The van der Waals surface area contributed by atoms with Crippen molar-refractivity contribution in [2.24, 2.45) is 5.92 Å². The van der Waals surface area contributed by atoms with E-state index in [9.17, 15) is 18.0 Å². The minimum atomic E-state index is -3.81. The Morgan fingerprint density at radius 2 is 1.87 bits per heavy atom. The van der Waals surface area contributed by atoms with Gasteiger partial charge in [-0.05, 0) is 42.5 Å². The molecule has 1 aliphatic heterocycles. The van der Waals surface area contributed by atoms with Gasteiger partial charge >= 0.3 is 0 Å². The maximum absolute atomic E-state index is 13.1. The van der Waals surface area contributed by atoms with Gasteiger partial charge in [-0.2, -0.15) is 4.31 Å². The molecule has 1 aliphatic rings. The molecule has 2 N–H and O–H groups in total. The normalized spacial score (nSPS) is 17.2. The topological polar surface area (TPSA) is 95.6 Å². The Morgan fingerprint density at radius 3 is 2.58 bits per heavy atom. The van der Waals surface area contributed by atoms with E-state index in [4.69, 9.17) is 11.6 Å². The molecule has 0 saturated carbocycles. The number of amides is 2. The summed E-state index contributed by atoms with van der Waals surface area (Å²) < 4.78 is 27.5. The summed E-state index contributed by atoms with van der Waals surface area (Å²) >= 11 is 6.17. The fraction of sp³-hybridized carbons (Fsp3) is 0.364. The Morgan fingerprint density at radius 1 is 1.13 bits per heavy atom. The molecule has 2 amide bonds. The van der Waals surface area contributed by atoms with Crippen LogP contribution in [0.5, 0.6) is 0 Å². The summed E-state index contributed by atoms with van der Waals surface area (Å²) in [6.07, 6.45) is 1.77. The number of sulfonamides is 1. The van der Waals surface area contributed by atoms with Crippen LogP contribution in [0.2, 0.25) is 5.02 Å². The molecule has 2 aromatic carbocycles. The van der Waals surface area contributed by atoms with Crippen molar-refractivity contribution in [3.8, 4) is 0 Å². The highest BCUT2D eigenvalue weighted by atomic mass is 35.5. The summed E-state index contributed by atoms with van der Waals surface area (Å²) in [4.78, 5) is 24.4. The molecule has 3 rings (SSSR count). The molecular weight excluding hydrogens is 438 g/mol. The summed E-state index contributed by atoms with van der Waals surface area (Å²) in [6, 6.07) is 13.5. The summed E-state index contributed by atoms with van der Waals surface area (Å²) in [5.74, 6) is -0.625. The molecular formula is C22H26ClN3O4S. The molecule has 0 spiro atoms. The summed E-state index contributed by atoms with van der Waals surface area (Å²) in [5.41, 5.74) is 1.07. The number of piperidine rings is 1. The first-order valence-corrected chi connectivity index (χ1v) is 12.0. The summed E-state index contributed by atoms with van der Waals surface area (Å²) in [6.45, 7) is 3.00. The van der Waals surface area contributed by atoms with Crippen molar-refractivity contribution in [2.75, 3.05) is 19.6 Å². The fourth-order valence-corrected chi connectivity index (χ4v) is 5.57. The molecule has 0 aliphatic carbocycles. The molecule has 166 valence electrons. The third-order valence-corrected chi connectivity index (χ3v) is 7.52. The number of carbonyl (C=O) groups is 2. The van der Waals surface area contributed by atoms with Gasteiger partial charge in [-0.15, -0.1) is 0 Å². The lowest BCUT2D eigenvalue weighted by Crippen LogP contribution is -2.39. The molecule has 31 heavy (non-hydrogen) atoms. The molecule has 1 atom stereocenters. The number of nitrogens with one attached hydrogen (secondary N) is 2. The van der Waals surface area contributed by atoms with Crippen LogP contribution in [0.1, 0.15) is 35.7 Å². The monoisotopic (exact) mass is 463 g/mol. The highest BCUT2D eigenvalue weighted by molar-refractivity contribution is 7.89. The van der Waals surface area contributed by atoms with Gasteiger partial charge in [0.25, 0.3) is 5.91 Å². The number of carbonyl (C=O) groups excluding carboxylic acids is 2. The minimum absolute atomic E-state index is 0.0652. The number of benzene rings is 2. The van der Waals surface area contributed by atoms with Crippen molar-refractivity contribution in [2.45, 2.75) is 31.2 Å². The van der Waals surface area contributed by atoms with Gasteiger partial charge in [-0.25, -0.2) is 8.42 Å². The van der Waals surface area contributed by atoms with Gasteiger partial charge in [0.1, 0.15) is 4.90 Å². The van der Waals surface area contributed by atoms with Crippen LogP contribution in [0.3, 0.4) is 0 Å². The van der Waals surface area contributed by atoms with Crippen LogP contribution in [-0.2, 0) is 21.4 Å². The molecule has 0 radical (unpaired) electrons. The van der Waals surface area contributed by atoms with E-state index in [2.05, 4.69) is 10.6 Å². The second-order valence-electron chi connectivity index (χ2n) is 7.70. The van der Waals surface area contributed by atoms with E-state index >= 15 is 0 Å². The molecule has 0 aromatic heterocycles. The van der Waals surface area contributed by atoms with Crippen LogP contribution in [0.25, 0.3) is 0 Å². The predicted molar refractivity (Wildman–Crippen MR) is 119 cm³/mol. The van der Waals surface area contributed by atoms with Gasteiger partial charge in [0.2, 0.25) is 15.9 Å². The van der Waals surface area contributed by atoms with Crippen molar-refractivity contribution >= 4 is 33.4 Å². The lowest BCUT2D eigenvalue weighted by atomic mass is 10.0. The zero-order valence-electron chi connectivity index (χ0n) is 17.3. The molecule has 7 nitrogen and oxygen atoms in total. The van der Waals surface area contributed by atoms with E-state index < -0.39 is 15.9 Å².